The fourth-order valence-electron chi connectivity index (χ4n) is 2.11. The van der Waals surface area contributed by atoms with Gasteiger partial charge in [0, 0.05) is 12.1 Å². The van der Waals surface area contributed by atoms with Gasteiger partial charge < -0.3 is 5.32 Å². The van der Waals surface area contributed by atoms with E-state index in [1.165, 1.54) is 12.1 Å². The molecule has 0 aliphatic carbocycles. The molecule has 21 heavy (non-hydrogen) atoms. The zero-order valence-corrected chi connectivity index (χ0v) is 15.4. The van der Waals surface area contributed by atoms with Crippen LogP contribution >= 0.6 is 43.2 Å². The first-order chi connectivity index (χ1) is 10.0. The van der Waals surface area contributed by atoms with Crippen LogP contribution in [0.3, 0.4) is 0 Å². The van der Waals surface area contributed by atoms with Crippen LogP contribution in [0.2, 0.25) is 0 Å². The number of benzene rings is 1. The van der Waals surface area contributed by atoms with Gasteiger partial charge in [0.25, 0.3) is 0 Å². The van der Waals surface area contributed by atoms with Gasteiger partial charge in [-0.2, -0.15) is 0 Å². The predicted octanol–water partition coefficient (Wildman–Crippen LogP) is 5.83. The smallest absolute Gasteiger partial charge is 0.129 e. The molecule has 6 heteroatoms. The Labute approximate surface area is 144 Å². The van der Waals surface area contributed by atoms with Crippen LogP contribution in [0.25, 0.3) is 0 Å². The van der Waals surface area contributed by atoms with E-state index in [1.54, 1.807) is 11.3 Å². The number of hydrogen-bond donors (Lipinski definition) is 1. The second kappa shape index (κ2) is 7.81. The number of halogens is 4. The molecule has 1 heterocycles. The molecule has 0 saturated heterocycles. The van der Waals surface area contributed by atoms with Crippen molar-refractivity contribution in [3.8, 4) is 0 Å². The third-order valence-electron chi connectivity index (χ3n) is 3.14. The Morgan fingerprint density at radius 3 is 2.57 bits per heavy atom. The third-order valence-corrected chi connectivity index (χ3v) is 5.52. The first kappa shape index (κ1) is 17.1. The monoisotopic (exact) mass is 437 g/mol. The minimum Gasteiger partial charge on any atom is -0.310 e. The second-order valence-electron chi connectivity index (χ2n) is 4.73. The summed E-state index contributed by atoms with van der Waals surface area (Å²) in [5.41, 5.74) is 1.60. The Morgan fingerprint density at radius 1 is 1.24 bits per heavy atom. The lowest BCUT2D eigenvalue weighted by Gasteiger charge is -2.19. The molecular weight excluding hydrogens is 424 g/mol. The maximum Gasteiger partial charge on any atom is 0.129 e. The topological polar surface area (TPSA) is 12.0 Å². The van der Waals surface area contributed by atoms with Crippen molar-refractivity contribution in [1.29, 1.82) is 0 Å². The zero-order chi connectivity index (χ0) is 15.4. The quantitative estimate of drug-likeness (QED) is 0.597. The normalized spacial score (nSPS) is 12.6. The Hall–Kier alpha value is -0.300. The average molecular weight is 439 g/mol. The minimum atomic E-state index is -0.547. The van der Waals surface area contributed by atoms with Crippen LogP contribution in [0.5, 0.6) is 0 Å². The maximum atomic E-state index is 13.9. The van der Waals surface area contributed by atoms with Gasteiger partial charge in [0.05, 0.1) is 7.57 Å². The molecular formula is C15H15Br2F2NS. The number of hydrogen-bond acceptors (Lipinski definition) is 2. The Bertz CT molecular complexity index is 616. The van der Waals surface area contributed by atoms with Gasteiger partial charge in [-0.15, -0.1) is 11.3 Å². The van der Waals surface area contributed by atoms with E-state index in [0.717, 1.165) is 32.2 Å². The molecule has 0 saturated carbocycles. The summed E-state index contributed by atoms with van der Waals surface area (Å²) in [5.74, 6) is -1.04. The van der Waals surface area contributed by atoms with Gasteiger partial charge in [-0.1, -0.05) is 13.0 Å². The summed E-state index contributed by atoms with van der Waals surface area (Å²) in [7, 11) is 0. The van der Waals surface area contributed by atoms with Crippen LogP contribution in [0.1, 0.15) is 30.5 Å². The van der Waals surface area contributed by atoms with Crippen LogP contribution < -0.4 is 5.32 Å². The molecule has 1 nitrogen and oxygen atoms in total. The van der Waals surface area contributed by atoms with Crippen molar-refractivity contribution < 1.29 is 8.78 Å². The second-order valence-corrected chi connectivity index (χ2v) is 8.48. The van der Waals surface area contributed by atoms with E-state index in [1.807, 2.05) is 6.07 Å². The van der Waals surface area contributed by atoms with Gasteiger partial charge in [0.2, 0.25) is 0 Å². The standard InChI is InChI=1S/C15H15Br2F2NS/c1-2-5-20-13(11-8-14(16)21-15(11)17)6-9-3-4-10(18)7-12(9)19/h3-4,7-8,13,20H,2,5-6H2,1H3. The SMILES string of the molecule is CCCNC(Cc1ccc(F)cc1F)c1cc(Br)sc1Br. The molecule has 114 valence electrons. The highest BCUT2D eigenvalue weighted by Crippen LogP contribution is 2.36. The largest absolute Gasteiger partial charge is 0.310 e. The van der Waals surface area contributed by atoms with Gasteiger partial charge in [-0.05, 0) is 74.5 Å². The van der Waals surface area contributed by atoms with Gasteiger partial charge in [-0.3, -0.25) is 0 Å². The lowest BCUT2D eigenvalue weighted by atomic mass is 10.0. The fourth-order valence-corrected chi connectivity index (χ4v) is 5.08. The van der Waals surface area contributed by atoms with Crippen LogP contribution in [0, 0.1) is 11.6 Å². The molecule has 0 aliphatic rings. The lowest BCUT2D eigenvalue weighted by Crippen LogP contribution is -2.24. The predicted molar refractivity (Wildman–Crippen MR) is 90.8 cm³/mol. The maximum absolute atomic E-state index is 13.9. The van der Waals surface area contributed by atoms with Gasteiger partial charge >= 0.3 is 0 Å². The minimum absolute atomic E-state index is 0.0122. The Morgan fingerprint density at radius 2 is 2.00 bits per heavy atom. The van der Waals surface area contributed by atoms with Crippen LogP contribution in [-0.4, -0.2) is 6.54 Å². The summed E-state index contributed by atoms with van der Waals surface area (Å²) in [4.78, 5) is 0. The lowest BCUT2D eigenvalue weighted by molar-refractivity contribution is 0.508. The number of nitrogens with one attached hydrogen (secondary N) is 1. The highest BCUT2D eigenvalue weighted by molar-refractivity contribution is 9.12. The van der Waals surface area contributed by atoms with Crippen molar-refractivity contribution in [2.45, 2.75) is 25.8 Å². The molecule has 1 N–H and O–H groups in total. The number of thiophene rings is 1. The highest BCUT2D eigenvalue weighted by Gasteiger charge is 2.19. The highest BCUT2D eigenvalue weighted by atomic mass is 79.9. The summed E-state index contributed by atoms with van der Waals surface area (Å²) in [6, 6.07) is 5.77. The third kappa shape index (κ3) is 4.58. The fraction of sp³-hybridized carbons (Fsp3) is 0.333. The van der Waals surface area contributed by atoms with Gasteiger partial charge in [0.1, 0.15) is 11.6 Å². The molecule has 0 fully saturated rings. The van der Waals surface area contributed by atoms with Crippen molar-refractivity contribution in [2.75, 3.05) is 6.54 Å². The van der Waals surface area contributed by atoms with E-state index < -0.39 is 11.6 Å². The first-order valence-electron chi connectivity index (χ1n) is 6.63. The molecule has 0 amide bonds. The van der Waals surface area contributed by atoms with Crippen molar-refractivity contribution >= 4 is 43.2 Å². The average Bonchev–Trinajstić information content (AvgIpc) is 2.76. The first-order valence-corrected chi connectivity index (χ1v) is 9.03. The number of rotatable bonds is 6. The van der Waals surface area contributed by atoms with E-state index in [-0.39, 0.29) is 6.04 Å². The van der Waals surface area contributed by atoms with Crippen molar-refractivity contribution in [1.82, 2.24) is 5.32 Å². The molecule has 1 unspecified atom stereocenters. The Kier molecular flexibility index (Phi) is 6.34. The van der Waals surface area contributed by atoms with Crippen molar-refractivity contribution in [3.63, 3.8) is 0 Å². The summed E-state index contributed by atoms with van der Waals surface area (Å²) >= 11 is 8.60. The molecule has 0 radical (unpaired) electrons. The molecule has 1 aromatic heterocycles. The van der Waals surface area contributed by atoms with Crippen molar-refractivity contribution in [3.05, 3.63) is 54.6 Å². The van der Waals surface area contributed by atoms with E-state index in [9.17, 15) is 8.78 Å². The summed E-state index contributed by atoms with van der Waals surface area (Å²) in [6.45, 7) is 2.93. The molecule has 1 atom stereocenters. The van der Waals surface area contributed by atoms with Crippen LogP contribution in [0.4, 0.5) is 8.78 Å². The van der Waals surface area contributed by atoms with Crippen LogP contribution in [0.15, 0.2) is 31.8 Å². The molecule has 0 spiro atoms. The summed E-state index contributed by atoms with van der Waals surface area (Å²) in [5, 5.41) is 3.43. The molecule has 2 rings (SSSR count). The Balaban J connectivity index is 2.26. The molecule has 0 aliphatic heterocycles. The van der Waals surface area contributed by atoms with Gasteiger partial charge in [0.15, 0.2) is 0 Å². The van der Waals surface area contributed by atoms with Crippen LogP contribution in [-0.2, 0) is 6.42 Å². The van der Waals surface area contributed by atoms with E-state index in [4.69, 9.17) is 0 Å². The van der Waals surface area contributed by atoms with E-state index >= 15 is 0 Å². The molecule has 2 aromatic rings. The van der Waals surface area contributed by atoms with Crippen molar-refractivity contribution in [2.24, 2.45) is 0 Å². The van der Waals surface area contributed by atoms with E-state index in [0.29, 0.717) is 12.0 Å². The molecule has 0 bridgehead atoms. The van der Waals surface area contributed by atoms with E-state index in [2.05, 4.69) is 44.1 Å². The van der Waals surface area contributed by atoms with Gasteiger partial charge in [-0.25, -0.2) is 8.78 Å². The molecule has 1 aromatic carbocycles. The summed E-state index contributed by atoms with van der Waals surface area (Å²) in [6.07, 6.45) is 1.47. The zero-order valence-electron chi connectivity index (χ0n) is 11.4. The summed E-state index contributed by atoms with van der Waals surface area (Å²) < 4.78 is 28.9.